The second kappa shape index (κ2) is 6.59. The summed E-state index contributed by atoms with van der Waals surface area (Å²) in [6.07, 6.45) is 0.490. The van der Waals surface area contributed by atoms with Crippen molar-refractivity contribution < 1.29 is 22.3 Å². The maximum atomic E-state index is 13.2. The molecular weight excluding hydrogens is 356 g/mol. The molecule has 0 aliphatic carbocycles. The molecule has 0 fully saturated rings. The van der Waals surface area contributed by atoms with Crippen LogP contribution in [0.25, 0.3) is 0 Å². The molecule has 0 N–H and O–H groups in total. The fraction of sp³-hybridized carbons (Fsp3) is 0.500. The van der Waals surface area contributed by atoms with E-state index in [4.69, 9.17) is 13.9 Å². The molecule has 8 heteroatoms. The van der Waals surface area contributed by atoms with Gasteiger partial charge in [0.1, 0.15) is 22.2 Å². The van der Waals surface area contributed by atoms with Gasteiger partial charge in [-0.3, -0.25) is 0 Å². The van der Waals surface area contributed by atoms with E-state index in [0.29, 0.717) is 30.3 Å². The van der Waals surface area contributed by atoms with Crippen LogP contribution in [0.5, 0.6) is 11.5 Å². The Bertz CT molecular complexity index is 912. The smallest absolute Gasteiger partial charge is 0.247 e. The third kappa shape index (κ3) is 3.31. The van der Waals surface area contributed by atoms with Gasteiger partial charge < -0.3 is 13.9 Å². The number of rotatable bonds is 4. The fourth-order valence-corrected chi connectivity index (χ4v) is 4.40. The Morgan fingerprint density at radius 3 is 2.54 bits per heavy atom. The molecule has 0 bridgehead atoms. The summed E-state index contributed by atoms with van der Waals surface area (Å²) < 4.78 is 44.0. The number of benzene rings is 1. The molecule has 0 atom stereocenters. The standard InChI is InChI=1S/C18H24N2O5S/c1-18(2,3)17-19-13-11-20(9-8-14(13)25-17)26(21,22)16-10-12(23-4)6-7-15(16)24-5/h6-7,10H,8-9,11H2,1-5H3. The first kappa shape index (κ1) is 18.7. The van der Waals surface area contributed by atoms with Crippen molar-refractivity contribution in [3.63, 3.8) is 0 Å². The Kier molecular flexibility index (Phi) is 4.74. The van der Waals surface area contributed by atoms with Crippen LogP contribution in [0, 0.1) is 0 Å². The van der Waals surface area contributed by atoms with Gasteiger partial charge in [0.15, 0.2) is 5.89 Å². The highest BCUT2D eigenvalue weighted by atomic mass is 32.2. The third-order valence-corrected chi connectivity index (χ3v) is 6.19. The quantitative estimate of drug-likeness (QED) is 0.811. The summed E-state index contributed by atoms with van der Waals surface area (Å²) >= 11 is 0. The highest BCUT2D eigenvalue weighted by Crippen LogP contribution is 2.34. The highest BCUT2D eigenvalue weighted by Gasteiger charge is 2.34. The highest BCUT2D eigenvalue weighted by molar-refractivity contribution is 7.89. The second-order valence-corrected chi connectivity index (χ2v) is 9.15. The SMILES string of the molecule is COc1ccc(OC)c(S(=O)(=O)N2CCc3oc(C(C)(C)C)nc3C2)c1. The van der Waals surface area contributed by atoms with E-state index in [1.807, 2.05) is 20.8 Å². The summed E-state index contributed by atoms with van der Waals surface area (Å²) in [5.74, 6) is 2.13. The normalized spacial score (nSPS) is 15.6. The van der Waals surface area contributed by atoms with Crippen LogP contribution in [0.15, 0.2) is 27.5 Å². The number of aromatic nitrogens is 1. The van der Waals surface area contributed by atoms with Crippen LogP contribution in [0.1, 0.15) is 38.1 Å². The molecule has 0 saturated carbocycles. The average Bonchev–Trinajstić information content (AvgIpc) is 3.04. The van der Waals surface area contributed by atoms with Gasteiger partial charge in [0.25, 0.3) is 0 Å². The second-order valence-electron chi connectivity index (χ2n) is 7.24. The van der Waals surface area contributed by atoms with Gasteiger partial charge in [0, 0.05) is 24.4 Å². The first-order chi connectivity index (χ1) is 12.2. The van der Waals surface area contributed by atoms with Crippen LogP contribution in [-0.4, -0.2) is 38.5 Å². The fourth-order valence-electron chi connectivity index (χ4n) is 2.83. The van der Waals surface area contributed by atoms with Crippen molar-refractivity contribution in [1.29, 1.82) is 0 Å². The van der Waals surface area contributed by atoms with Crippen LogP contribution in [0.3, 0.4) is 0 Å². The van der Waals surface area contributed by atoms with Crippen molar-refractivity contribution in [3.8, 4) is 11.5 Å². The van der Waals surface area contributed by atoms with E-state index in [2.05, 4.69) is 4.98 Å². The first-order valence-electron chi connectivity index (χ1n) is 8.38. The van der Waals surface area contributed by atoms with Crippen molar-refractivity contribution in [2.75, 3.05) is 20.8 Å². The van der Waals surface area contributed by atoms with Gasteiger partial charge in [-0.1, -0.05) is 20.8 Å². The van der Waals surface area contributed by atoms with Crippen LogP contribution in [0.2, 0.25) is 0 Å². The summed E-state index contributed by atoms with van der Waals surface area (Å²) in [7, 11) is -0.818. The lowest BCUT2D eigenvalue weighted by Crippen LogP contribution is -2.36. The lowest BCUT2D eigenvalue weighted by atomic mass is 9.97. The molecule has 0 spiro atoms. The monoisotopic (exact) mass is 380 g/mol. The van der Waals surface area contributed by atoms with Gasteiger partial charge in [-0.2, -0.15) is 4.31 Å². The van der Waals surface area contributed by atoms with Crippen LogP contribution >= 0.6 is 0 Å². The molecule has 26 heavy (non-hydrogen) atoms. The molecule has 142 valence electrons. The summed E-state index contributed by atoms with van der Waals surface area (Å²) in [5.41, 5.74) is 0.448. The summed E-state index contributed by atoms with van der Waals surface area (Å²) in [5, 5.41) is 0. The van der Waals surface area contributed by atoms with Crippen molar-refractivity contribution in [1.82, 2.24) is 9.29 Å². The number of hydrogen-bond donors (Lipinski definition) is 0. The van der Waals surface area contributed by atoms with E-state index in [1.165, 1.54) is 24.6 Å². The first-order valence-corrected chi connectivity index (χ1v) is 9.82. The molecular formula is C18H24N2O5S. The minimum absolute atomic E-state index is 0.0855. The Morgan fingerprint density at radius 2 is 1.92 bits per heavy atom. The molecule has 2 heterocycles. The zero-order chi connectivity index (χ0) is 19.1. The van der Waals surface area contributed by atoms with Gasteiger partial charge in [0.2, 0.25) is 10.0 Å². The maximum absolute atomic E-state index is 13.2. The van der Waals surface area contributed by atoms with E-state index < -0.39 is 10.0 Å². The topological polar surface area (TPSA) is 81.9 Å². The lowest BCUT2D eigenvalue weighted by Gasteiger charge is -2.25. The van der Waals surface area contributed by atoms with E-state index in [1.54, 1.807) is 12.1 Å². The Hall–Kier alpha value is -2.06. The van der Waals surface area contributed by atoms with Gasteiger partial charge in [-0.15, -0.1) is 0 Å². The molecule has 0 saturated heterocycles. The zero-order valence-corrected chi connectivity index (χ0v) is 16.5. The Morgan fingerprint density at radius 1 is 1.19 bits per heavy atom. The number of fused-ring (bicyclic) bond motifs is 1. The van der Waals surface area contributed by atoms with Gasteiger partial charge in [-0.05, 0) is 12.1 Å². The third-order valence-electron chi connectivity index (χ3n) is 4.32. The molecule has 1 aliphatic rings. The predicted octanol–water partition coefficient (Wildman–Crippen LogP) is 2.74. The molecule has 1 aromatic heterocycles. The van der Waals surface area contributed by atoms with Crippen molar-refractivity contribution in [2.45, 2.75) is 44.0 Å². The lowest BCUT2D eigenvalue weighted by molar-refractivity contribution is 0.336. The van der Waals surface area contributed by atoms with E-state index in [-0.39, 0.29) is 22.6 Å². The molecule has 0 amide bonds. The van der Waals surface area contributed by atoms with Crippen LogP contribution in [0.4, 0.5) is 0 Å². The van der Waals surface area contributed by atoms with Gasteiger partial charge in [-0.25, -0.2) is 13.4 Å². The molecule has 2 aromatic rings. The number of ether oxygens (including phenoxy) is 2. The van der Waals surface area contributed by atoms with E-state index >= 15 is 0 Å². The molecule has 7 nitrogen and oxygen atoms in total. The Balaban J connectivity index is 1.96. The molecule has 0 unspecified atom stereocenters. The molecule has 0 radical (unpaired) electrons. The van der Waals surface area contributed by atoms with E-state index in [9.17, 15) is 8.42 Å². The maximum Gasteiger partial charge on any atom is 0.247 e. The van der Waals surface area contributed by atoms with E-state index in [0.717, 1.165) is 5.76 Å². The minimum Gasteiger partial charge on any atom is -0.497 e. The Labute approximate surface area is 154 Å². The van der Waals surface area contributed by atoms with Crippen LogP contribution < -0.4 is 9.47 Å². The minimum atomic E-state index is -3.76. The van der Waals surface area contributed by atoms with Gasteiger partial charge in [0.05, 0.1) is 26.5 Å². The average molecular weight is 380 g/mol. The zero-order valence-electron chi connectivity index (χ0n) is 15.7. The summed E-state index contributed by atoms with van der Waals surface area (Å²) in [6, 6.07) is 4.74. The summed E-state index contributed by atoms with van der Waals surface area (Å²) in [6.45, 7) is 6.55. The molecule has 3 rings (SSSR count). The molecule has 1 aromatic carbocycles. The molecule has 1 aliphatic heterocycles. The number of hydrogen-bond acceptors (Lipinski definition) is 6. The number of sulfonamides is 1. The number of nitrogens with zero attached hydrogens (tertiary/aromatic N) is 2. The van der Waals surface area contributed by atoms with Crippen molar-refractivity contribution in [3.05, 3.63) is 35.5 Å². The van der Waals surface area contributed by atoms with Crippen molar-refractivity contribution in [2.24, 2.45) is 0 Å². The number of methoxy groups -OCH3 is 2. The van der Waals surface area contributed by atoms with Gasteiger partial charge >= 0.3 is 0 Å². The number of oxazole rings is 1. The predicted molar refractivity (Wildman–Crippen MR) is 96.0 cm³/mol. The van der Waals surface area contributed by atoms with Crippen molar-refractivity contribution >= 4 is 10.0 Å². The summed E-state index contributed by atoms with van der Waals surface area (Å²) in [4.78, 5) is 4.61. The largest absolute Gasteiger partial charge is 0.497 e. The van der Waals surface area contributed by atoms with Crippen LogP contribution in [-0.2, 0) is 28.4 Å².